The summed E-state index contributed by atoms with van der Waals surface area (Å²) in [5, 5.41) is 4.37. The van der Waals surface area contributed by atoms with Gasteiger partial charge in [0.15, 0.2) is 0 Å². The lowest BCUT2D eigenvalue weighted by Gasteiger charge is -2.01. The number of ketones is 1. The Morgan fingerprint density at radius 2 is 2.16 bits per heavy atom. The molecule has 5 heteroatoms. The molecule has 0 fully saturated rings. The summed E-state index contributed by atoms with van der Waals surface area (Å²) in [5.41, 5.74) is 3.36. The summed E-state index contributed by atoms with van der Waals surface area (Å²) in [6.45, 7) is 4.03. The number of nitrogens with zero attached hydrogens (tertiary/aromatic N) is 2. The molecule has 0 amide bonds. The van der Waals surface area contributed by atoms with Crippen molar-refractivity contribution in [3.63, 3.8) is 0 Å². The van der Waals surface area contributed by atoms with Crippen LogP contribution in [0.1, 0.15) is 28.2 Å². The van der Waals surface area contributed by atoms with Gasteiger partial charge in [-0.05, 0) is 38.0 Å². The summed E-state index contributed by atoms with van der Waals surface area (Å²) in [4.78, 5) is 13.0. The number of aryl methyl sites for hydroxylation is 2. The highest BCUT2D eigenvalue weighted by molar-refractivity contribution is 7.16. The molecule has 0 aliphatic carbocycles. The number of aromatic nitrogens is 2. The van der Waals surface area contributed by atoms with Crippen LogP contribution in [0.25, 0.3) is 0 Å². The van der Waals surface area contributed by atoms with Crippen LogP contribution >= 0.6 is 22.9 Å². The van der Waals surface area contributed by atoms with Crippen molar-refractivity contribution in [1.82, 2.24) is 9.78 Å². The van der Waals surface area contributed by atoms with E-state index in [4.69, 9.17) is 11.6 Å². The highest BCUT2D eigenvalue weighted by atomic mass is 35.5. The molecule has 2 aromatic heterocycles. The minimum absolute atomic E-state index is 0.251. The molecule has 0 N–H and O–H groups in total. The number of carbonyl (C=O) groups excluding carboxylic acids is 1. The Hall–Kier alpha value is -1.13. The zero-order valence-corrected chi connectivity index (χ0v) is 12.9. The minimum atomic E-state index is 0.251. The van der Waals surface area contributed by atoms with E-state index in [1.807, 2.05) is 37.7 Å². The maximum atomic E-state index is 12.0. The Morgan fingerprint density at radius 3 is 2.68 bits per heavy atom. The Morgan fingerprint density at radius 1 is 1.42 bits per heavy atom. The van der Waals surface area contributed by atoms with E-state index in [0.717, 1.165) is 27.0 Å². The monoisotopic (exact) mass is 296 g/mol. The topological polar surface area (TPSA) is 34.9 Å². The standard InChI is InChI=1S/C14H17ClN2OS/c1-9-13(10(2)17(3)16-9)6-4-11(18)8-12-5-7-14(15)19-12/h5,7H,4,6,8H2,1-3H3. The molecule has 3 nitrogen and oxygen atoms in total. The number of Topliss-reactive ketones (excluding diaryl/α,β-unsaturated/α-hetero) is 1. The maximum Gasteiger partial charge on any atom is 0.138 e. The molecule has 102 valence electrons. The van der Waals surface area contributed by atoms with Crippen molar-refractivity contribution in [2.75, 3.05) is 0 Å². The molecule has 0 aliphatic heterocycles. The van der Waals surface area contributed by atoms with Crippen LogP contribution in [0.4, 0.5) is 0 Å². The van der Waals surface area contributed by atoms with Gasteiger partial charge < -0.3 is 0 Å². The average molecular weight is 297 g/mol. The van der Waals surface area contributed by atoms with Gasteiger partial charge in [-0.25, -0.2) is 0 Å². The zero-order chi connectivity index (χ0) is 14.0. The highest BCUT2D eigenvalue weighted by Gasteiger charge is 2.12. The van der Waals surface area contributed by atoms with Gasteiger partial charge in [-0.2, -0.15) is 5.10 Å². The zero-order valence-electron chi connectivity index (χ0n) is 11.4. The SMILES string of the molecule is Cc1nn(C)c(C)c1CCC(=O)Cc1ccc(Cl)s1. The van der Waals surface area contributed by atoms with Crippen molar-refractivity contribution < 1.29 is 4.79 Å². The third kappa shape index (κ3) is 3.45. The van der Waals surface area contributed by atoms with Crippen molar-refractivity contribution >= 4 is 28.7 Å². The average Bonchev–Trinajstić information content (AvgIpc) is 2.83. The molecule has 19 heavy (non-hydrogen) atoms. The number of thiophene rings is 1. The predicted octanol–water partition coefficient (Wildman–Crippen LogP) is 3.50. The van der Waals surface area contributed by atoms with E-state index < -0.39 is 0 Å². The first-order valence-corrected chi connectivity index (χ1v) is 7.42. The molecular formula is C14H17ClN2OS. The first-order valence-electron chi connectivity index (χ1n) is 6.22. The summed E-state index contributed by atoms with van der Waals surface area (Å²) in [7, 11) is 1.93. The van der Waals surface area contributed by atoms with E-state index in [-0.39, 0.29) is 5.78 Å². The lowest BCUT2D eigenvalue weighted by Crippen LogP contribution is -2.04. The van der Waals surface area contributed by atoms with E-state index in [9.17, 15) is 4.79 Å². The Kier molecular flexibility index (Phi) is 4.42. The molecular weight excluding hydrogens is 280 g/mol. The molecule has 2 aromatic rings. The van der Waals surface area contributed by atoms with E-state index in [1.54, 1.807) is 0 Å². The van der Waals surface area contributed by atoms with E-state index in [1.165, 1.54) is 16.9 Å². The molecule has 0 radical (unpaired) electrons. The van der Waals surface area contributed by atoms with Gasteiger partial charge >= 0.3 is 0 Å². The van der Waals surface area contributed by atoms with Gasteiger partial charge in [0, 0.05) is 30.5 Å². The minimum Gasteiger partial charge on any atom is -0.299 e. The summed E-state index contributed by atoms with van der Waals surface area (Å²) in [6, 6.07) is 3.76. The fourth-order valence-corrected chi connectivity index (χ4v) is 3.29. The molecule has 0 saturated heterocycles. The number of hydrogen-bond acceptors (Lipinski definition) is 3. The number of hydrogen-bond donors (Lipinski definition) is 0. The lowest BCUT2D eigenvalue weighted by molar-refractivity contribution is -0.118. The van der Waals surface area contributed by atoms with Crippen molar-refractivity contribution in [2.24, 2.45) is 7.05 Å². The number of halogens is 1. The van der Waals surface area contributed by atoms with Crippen molar-refractivity contribution in [1.29, 1.82) is 0 Å². The maximum absolute atomic E-state index is 12.0. The molecule has 0 spiro atoms. The number of carbonyl (C=O) groups is 1. The van der Waals surface area contributed by atoms with Crippen LogP contribution in [0.2, 0.25) is 4.34 Å². The van der Waals surface area contributed by atoms with Gasteiger partial charge in [0.1, 0.15) is 5.78 Å². The summed E-state index contributed by atoms with van der Waals surface area (Å²) in [5.74, 6) is 0.251. The van der Waals surface area contributed by atoms with Crippen LogP contribution < -0.4 is 0 Å². The van der Waals surface area contributed by atoms with Crippen LogP contribution in [0.5, 0.6) is 0 Å². The normalized spacial score (nSPS) is 10.9. The molecule has 0 bridgehead atoms. The summed E-state index contributed by atoms with van der Waals surface area (Å²) in [6.07, 6.45) is 1.81. The quantitative estimate of drug-likeness (QED) is 0.846. The molecule has 0 unspecified atom stereocenters. The summed E-state index contributed by atoms with van der Waals surface area (Å²) >= 11 is 7.33. The third-order valence-electron chi connectivity index (χ3n) is 3.31. The van der Waals surface area contributed by atoms with Crippen LogP contribution in [0.3, 0.4) is 0 Å². The van der Waals surface area contributed by atoms with Crippen LogP contribution in [0, 0.1) is 13.8 Å². The number of rotatable bonds is 5. The molecule has 2 heterocycles. The first kappa shape index (κ1) is 14.3. The highest BCUT2D eigenvalue weighted by Crippen LogP contribution is 2.22. The van der Waals surface area contributed by atoms with Crippen LogP contribution in [-0.4, -0.2) is 15.6 Å². The Balaban J connectivity index is 1.93. The van der Waals surface area contributed by atoms with Crippen LogP contribution in [-0.2, 0) is 24.7 Å². The largest absolute Gasteiger partial charge is 0.299 e. The molecule has 0 aromatic carbocycles. The fraction of sp³-hybridized carbons (Fsp3) is 0.429. The smallest absolute Gasteiger partial charge is 0.138 e. The summed E-state index contributed by atoms with van der Waals surface area (Å²) < 4.78 is 2.61. The second-order valence-corrected chi connectivity index (χ2v) is 6.49. The van der Waals surface area contributed by atoms with Gasteiger partial charge in [-0.15, -0.1) is 11.3 Å². The predicted molar refractivity (Wildman–Crippen MR) is 79.0 cm³/mol. The van der Waals surface area contributed by atoms with Crippen molar-refractivity contribution in [3.8, 4) is 0 Å². The van der Waals surface area contributed by atoms with Gasteiger partial charge in [-0.1, -0.05) is 11.6 Å². The molecule has 0 aliphatic rings. The molecule has 2 rings (SSSR count). The second-order valence-electron chi connectivity index (χ2n) is 4.69. The third-order valence-corrected chi connectivity index (χ3v) is 4.54. The molecule has 0 atom stereocenters. The molecule has 0 saturated carbocycles. The van der Waals surface area contributed by atoms with Gasteiger partial charge in [-0.3, -0.25) is 9.48 Å². The van der Waals surface area contributed by atoms with E-state index >= 15 is 0 Å². The lowest BCUT2D eigenvalue weighted by atomic mass is 10.0. The van der Waals surface area contributed by atoms with E-state index in [0.29, 0.717) is 12.8 Å². The first-order chi connectivity index (χ1) is 8.97. The van der Waals surface area contributed by atoms with Gasteiger partial charge in [0.2, 0.25) is 0 Å². The van der Waals surface area contributed by atoms with Gasteiger partial charge in [0.25, 0.3) is 0 Å². The van der Waals surface area contributed by atoms with E-state index in [2.05, 4.69) is 5.10 Å². The Bertz CT molecular complexity index is 601. The van der Waals surface area contributed by atoms with Crippen molar-refractivity contribution in [3.05, 3.63) is 38.3 Å². The Labute approximate surface area is 122 Å². The van der Waals surface area contributed by atoms with Crippen molar-refractivity contribution in [2.45, 2.75) is 33.1 Å². The van der Waals surface area contributed by atoms with Crippen LogP contribution in [0.15, 0.2) is 12.1 Å². The second kappa shape index (κ2) is 5.88. The fourth-order valence-electron chi connectivity index (χ4n) is 2.17. The van der Waals surface area contributed by atoms with Gasteiger partial charge in [0.05, 0.1) is 10.0 Å².